The van der Waals surface area contributed by atoms with Crippen molar-refractivity contribution in [1.29, 1.82) is 0 Å². The molecule has 0 bridgehead atoms. The van der Waals surface area contributed by atoms with Gasteiger partial charge in [0, 0.05) is 31.3 Å². The molecule has 1 aromatic heterocycles. The summed E-state index contributed by atoms with van der Waals surface area (Å²) in [5.74, 6) is 1.11. The number of pyridine rings is 1. The van der Waals surface area contributed by atoms with Crippen LogP contribution in [0.3, 0.4) is 0 Å². The van der Waals surface area contributed by atoms with E-state index >= 15 is 0 Å². The summed E-state index contributed by atoms with van der Waals surface area (Å²) in [6, 6.07) is 11.2. The predicted octanol–water partition coefficient (Wildman–Crippen LogP) is 2.47. The van der Waals surface area contributed by atoms with Gasteiger partial charge >= 0.3 is 0 Å². The van der Waals surface area contributed by atoms with Crippen molar-refractivity contribution in [2.45, 2.75) is 42.8 Å². The molecule has 186 valence electrons. The molecular weight excluding hydrogens is 470 g/mol. The minimum atomic E-state index is -4.05. The van der Waals surface area contributed by atoms with E-state index in [1.165, 1.54) is 10.4 Å². The number of aromatic amines is 1. The van der Waals surface area contributed by atoms with Crippen LogP contribution in [-0.4, -0.2) is 62.3 Å². The van der Waals surface area contributed by atoms with Crippen LogP contribution < -0.4 is 19.9 Å². The molecule has 10 heteroatoms. The quantitative estimate of drug-likeness (QED) is 0.536. The topological polar surface area (TPSA) is 112 Å². The first kappa shape index (κ1) is 23.7. The number of H-pyrrole nitrogens is 1. The zero-order valence-electron chi connectivity index (χ0n) is 19.7. The van der Waals surface area contributed by atoms with Crippen LogP contribution in [0.1, 0.15) is 24.8 Å². The van der Waals surface area contributed by atoms with E-state index in [9.17, 15) is 18.3 Å². The van der Waals surface area contributed by atoms with E-state index in [1.54, 1.807) is 37.4 Å². The Bertz CT molecular complexity index is 1420. The highest BCUT2D eigenvalue weighted by molar-refractivity contribution is 7.89. The van der Waals surface area contributed by atoms with E-state index in [1.807, 2.05) is 18.0 Å². The lowest BCUT2D eigenvalue weighted by molar-refractivity contribution is 0.110. The Morgan fingerprint density at radius 1 is 1.20 bits per heavy atom. The SMILES string of the molecule is COc1ccc2cc(CN(C3CCCC3O)S(=O)(=O)c3ccc4c(c3)OCCN4C)c(=O)[nH]c2c1. The van der Waals surface area contributed by atoms with Crippen molar-refractivity contribution in [3.05, 3.63) is 58.4 Å². The van der Waals surface area contributed by atoms with E-state index in [2.05, 4.69) is 4.98 Å². The molecule has 1 aliphatic heterocycles. The smallest absolute Gasteiger partial charge is 0.252 e. The molecule has 0 amide bonds. The first-order valence-corrected chi connectivity index (χ1v) is 13.1. The second kappa shape index (κ2) is 9.18. The van der Waals surface area contributed by atoms with E-state index in [0.29, 0.717) is 48.4 Å². The molecule has 5 rings (SSSR count). The minimum absolute atomic E-state index is 0.0765. The third-order valence-corrected chi connectivity index (χ3v) is 8.77. The molecule has 0 saturated heterocycles. The van der Waals surface area contributed by atoms with Gasteiger partial charge in [-0.2, -0.15) is 4.31 Å². The Morgan fingerprint density at radius 2 is 2.03 bits per heavy atom. The van der Waals surface area contributed by atoms with Gasteiger partial charge in [-0.1, -0.05) is 0 Å². The molecule has 1 saturated carbocycles. The molecule has 1 fully saturated rings. The van der Waals surface area contributed by atoms with Crippen LogP contribution in [0.4, 0.5) is 5.69 Å². The molecule has 2 atom stereocenters. The molecule has 2 N–H and O–H groups in total. The molecule has 1 aliphatic carbocycles. The van der Waals surface area contributed by atoms with Crippen LogP contribution in [0, 0.1) is 0 Å². The van der Waals surface area contributed by atoms with E-state index < -0.39 is 22.2 Å². The number of anilines is 1. The standard InChI is InChI=1S/C25H29N3O6S/c1-27-10-11-34-24-14-19(8-9-22(24)27)35(31,32)28(21-4-3-5-23(21)29)15-17-12-16-6-7-18(33-2)13-20(16)26-25(17)30/h6-9,12-14,21,23,29H,3-5,10-11,15H2,1-2H3,(H,26,30). The zero-order valence-corrected chi connectivity index (χ0v) is 20.5. The zero-order chi connectivity index (χ0) is 24.7. The number of likely N-dealkylation sites (N-methyl/N-ethyl adjacent to an activating group) is 1. The summed E-state index contributed by atoms with van der Waals surface area (Å²) in [5.41, 5.74) is 1.35. The van der Waals surface area contributed by atoms with E-state index in [0.717, 1.165) is 17.6 Å². The van der Waals surface area contributed by atoms with Crippen LogP contribution in [0.5, 0.6) is 11.5 Å². The number of aromatic nitrogens is 1. The van der Waals surface area contributed by atoms with Gasteiger partial charge in [0.05, 0.1) is 41.9 Å². The largest absolute Gasteiger partial charge is 0.497 e. The maximum absolute atomic E-state index is 13.9. The van der Waals surface area contributed by atoms with Gasteiger partial charge in [-0.05, 0) is 55.0 Å². The first-order chi connectivity index (χ1) is 16.8. The number of hydrogen-bond donors (Lipinski definition) is 2. The summed E-state index contributed by atoms with van der Waals surface area (Å²) in [6.07, 6.45) is 0.952. The monoisotopic (exact) mass is 499 g/mol. The number of sulfonamides is 1. The highest BCUT2D eigenvalue weighted by atomic mass is 32.2. The summed E-state index contributed by atoms with van der Waals surface area (Å²) in [7, 11) is -0.568. The number of benzene rings is 2. The van der Waals surface area contributed by atoms with Gasteiger partial charge in [-0.25, -0.2) is 8.42 Å². The Kier molecular flexibility index (Phi) is 6.20. The number of methoxy groups -OCH3 is 1. The molecule has 0 radical (unpaired) electrons. The number of fused-ring (bicyclic) bond motifs is 2. The van der Waals surface area contributed by atoms with Gasteiger partial charge < -0.3 is 24.5 Å². The maximum Gasteiger partial charge on any atom is 0.252 e. The van der Waals surface area contributed by atoms with Gasteiger partial charge in [0.15, 0.2) is 0 Å². The number of ether oxygens (including phenoxy) is 2. The van der Waals surface area contributed by atoms with Crippen LogP contribution in [0.25, 0.3) is 10.9 Å². The summed E-state index contributed by atoms with van der Waals surface area (Å²) in [6.45, 7) is 1.03. The number of rotatable bonds is 6. The molecule has 2 unspecified atom stereocenters. The lowest BCUT2D eigenvalue weighted by Crippen LogP contribution is -2.44. The summed E-state index contributed by atoms with van der Waals surface area (Å²) in [5, 5.41) is 11.4. The molecule has 2 heterocycles. The van der Waals surface area contributed by atoms with Gasteiger partial charge in [0.25, 0.3) is 5.56 Å². The fraction of sp³-hybridized carbons (Fsp3) is 0.400. The van der Waals surface area contributed by atoms with Crippen molar-refractivity contribution in [2.75, 3.05) is 32.2 Å². The van der Waals surface area contributed by atoms with Crippen LogP contribution in [0.15, 0.2) is 52.2 Å². The van der Waals surface area contributed by atoms with Crippen molar-refractivity contribution in [3.8, 4) is 11.5 Å². The Hall–Kier alpha value is -3.08. The van der Waals surface area contributed by atoms with Crippen molar-refractivity contribution in [1.82, 2.24) is 9.29 Å². The first-order valence-electron chi connectivity index (χ1n) is 11.7. The lowest BCUT2D eigenvalue weighted by atomic mass is 10.1. The number of nitrogens with one attached hydrogen (secondary N) is 1. The Morgan fingerprint density at radius 3 is 2.77 bits per heavy atom. The van der Waals surface area contributed by atoms with Gasteiger partial charge in [0.1, 0.15) is 18.1 Å². The van der Waals surface area contributed by atoms with Crippen LogP contribution in [0.2, 0.25) is 0 Å². The second-order valence-electron chi connectivity index (χ2n) is 9.09. The highest BCUT2D eigenvalue weighted by Crippen LogP contribution is 2.36. The minimum Gasteiger partial charge on any atom is -0.497 e. The maximum atomic E-state index is 13.9. The van der Waals surface area contributed by atoms with E-state index in [-0.39, 0.29) is 17.0 Å². The fourth-order valence-corrected chi connectivity index (χ4v) is 6.59. The highest BCUT2D eigenvalue weighted by Gasteiger charge is 2.39. The summed E-state index contributed by atoms with van der Waals surface area (Å²) < 4.78 is 40.0. The predicted molar refractivity (Wildman–Crippen MR) is 133 cm³/mol. The Balaban J connectivity index is 1.56. The van der Waals surface area contributed by atoms with Crippen LogP contribution >= 0.6 is 0 Å². The number of hydrogen-bond acceptors (Lipinski definition) is 7. The van der Waals surface area contributed by atoms with Crippen molar-refractivity contribution in [2.24, 2.45) is 0 Å². The molecule has 0 spiro atoms. The van der Waals surface area contributed by atoms with Crippen molar-refractivity contribution < 1.29 is 23.0 Å². The molecule has 35 heavy (non-hydrogen) atoms. The molecule has 2 aliphatic rings. The second-order valence-corrected chi connectivity index (χ2v) is 11.0. The summed E-state index contributed by atoms with van der Waals surface area (Å²) >= 11 is 0. The van der Waals surface area contributed by atoms with Crippen LogP contribution in [-0.2, 0) is 16.6 Å². The fourth-order valence-electron chi connectivity index (χ4n) is 4.91. The lowest BCUT2D eigenvalue weighted by Gasteiger charge is -2.31. The molecule has 3 aromatic rings. The molecule has 2 aromatic carbocycles. The van der Waals surface area contributed by atoms with Crippen molar-refractivity contribution in [3.63, 3.8) is 0 Å². The van der Waals surface area contributed by atoms with Crippen molar-refractivity contribution >= 4 is 26.6 Å². The average molecular weight is 500 g/mol. The normalized spacial score (nSPS) is 20.2. The average Bonchev–Trinajstić information content (AvgIpc) is 3.27. The number of nitrogens with zero attached hydrogens (tertiary/aromatic N) is 2. The molecular formula is C25H29N3O6S. The van der Waals surface area contributed by atoms with Gasteiger partial charge in [-0.3, -0.25) is 4.79 Å². The summed E-state index contributed by atoms with van der Waals surface area (Å²) in [4.78, 5) is 17.9. The third kappa shape index (κ3) is 4.37. The third-order valence-electron chi connectivity index (χ3n) is 6.90. The molecule has 9 nitrogen and oxygen atoms in total. The Labute approximate surface area is 203 Å². The number of aliphatic hydroxyl groups excluding tert-OH is 1. The van der Waals surface area contributed by atoms with Gasteiger partial charge in [0.2, 0.25) is 10.0 Å². The number of aliphatic hydroxyl groups is 1. The van der Waals surface area contributed by atoms with Gasteiger partial charge in [-0.15, -0.1) is 0 Å². The van der Waals surface area contributed by atoms with E-state index in [4.69, 9.17) is 9.47 Å².